The zero-order valence-electron chi connectivity index (χ0n) is 21.5. The molecule has 5 rings (SSSR count). The van der Waals surface area contributed by atoms with Crippen LogP contribution in [0.25, 0.3) is 22.4 Å². The lowest BCUT2D eigenvalue weighted by atomic mass is 9.73. The molecule has 0 saturated carbocycles. The molecule has 1 fully saturated rings. The molecule has 0 spiro atoms. The van der Waals surface area contributed by atoms with Crippen LogP contribution in [0.15, 0.2) is 41.6 Å². The van der Waals surface area contributed by atoms with Gasteiger partial charge in [0.15, 0.2) is 0 Å². The van der Waals surface area contributed by atoms with Crippen molar-refractivity contribution in [2.24, 2.45) is 0 Å². The molecular formula is C27H34ClN7O. The van der Waals surface area contributed by atoms with Crippen molar-refractivity contribution < 1.29 is 0 Å². The van der Waals surface area contributed by atoms with Crippen LogP contribution in [0.1, 0.15) is 57.6 Å². The molecule has 0 unspecified atom stereocenters. The van der Waals surface area contributed by atoms with Crippen molar-refractivity contribution in [1.29, 1.82) is 0 Å². The number of piperidine rings is 1. The Labute approximate surface area is 215 Å². The smallest absolute Gasteiger partial charge is 0.261 e. The number of pyridine rings is 1. The number of rotatable bonds is 6. The quantitative estimate of drug-likeness (QED) is 0.287. The number of nitrogens with zero attached hydrogens (tertiary/aromatic N) is 3. The summed E-state index contributed by atoms with van der Waals surface area (Å²) in [5, 5.41) is 11.9. The first kappa shape index (κ1) is 24.6. The van der Waals surface area contributed by atoms with Gasteiger partial charge < -0.3 is 20.6 Å². The summed E-state index contributed by atoms with van der Waals surface area (Å²) in [5.74, 6) is 1.00. The van der Waals surface area contributed by atoms with E-state index in [0.717, 1.165) is 35.1 Å². The molecule has 36 heavy (non-hydrogen) atoms. The van der Waals surface area contributed by atoms with Gasteiger partial charge in [-0.3, -0.25) is 9.48 Å². The number of halogens is 1. The Morgan fingerprint density at radius 3 is 2.64 bits per heavy atom. The van der Waals surface area contributed by atoms with Gasteiger partial charge in [-0.25, -0.2) is 4.98 Å². The molecule has 1 aromatic carbocycles. The molecule has 0 bridgehead atoms. The molecule has 4 N–H and O–H groups in total. The number of hydrogen-bond donors (Lipinski definition) is 4. The third kappa shape index (κ3) is 5.06. The molecular weight excluding hydrogens is 474 g/mol. The van der Waals surface area contributed by atoms with Crippen molar-refractivity contribution in [3.8, 4) is 11.4 Å². The molecule has 0 radical (unpaired) electrons. The minimum Gasteiger partial charge on any atom is -0.382 e. The van der Waals surface area contributed by atoms with Crippen LogP contribution >= 0.6 is 11.6 Å². The van der Waals surface area contributed by atoms with Gasteiger partial charge in [-0.1, -0.05) is 17.7 Å². The summed E-state index contributed by atoms with van der Waals surface area (Å²) in [6.07, 6.45) is 7.15. The third-order valence-corrected chi connectivity index (χ3v) is 7.11. The van der Waals surface area contributed by atoms with Gasteiger partial charge in [0.2, 0.25) is 0 Å². The van der Waals surface area contributed by atoms with Gasteiger partial charge in [-0.2, -0.15) is 5.10 Å². The van der Waals surface area contributed by atoms with Crippen molar-refractivity contribution in [3.63, 3.8) is 0 Å². The SMILES string of the molecule is Cc1cc(C2CC(C)(C)NC(C)(C)C2)cc2[nH]c(-c3c(NCCn4cc(Cl)cn4)cc[nH]c3=O)nc12. The molecule has 1 aliphatic heterocycles. The second-order valence-corrected chi connectivity index (χ2v) is 11.7. The number of hydrogen-bond acceptors (Lipinski definition) is 5. The zero-order valence-corrected chi connectivity index (χ0v) is 22.3. The number of nitrogens with one attached hydrogen (secondary N) is 4. The maximum atomic E-state index is 12.9. The fourth-order valence-corrected chi connectivity index (χ4v) is 6.01. The Balaban J connectivity index is 1.46. The van der Waals surface area contributed by atoms with Crippen LogP contribution in [0.3, 0.4) is 0 Å². The number of imidazole rings is 1. The lowest BCUT2D eigenvalue weighted by Gasteiger charge is -2.46. The van der Waals surface area contributed by atoms with Gasteiger partial charge in [-0.05, 0) is 76.6 Å². The highest BCUT2D eigenvalue weighted by Gasteiger charge is 2.38. The lowest BCUT2D eigenvalue weighted by Crippen LogP contribution is -2.57. The van der Waals surface area contributed by atoms with Gasteiger partial charge in [-0.15, -0.1) is 0 Å². The van der Waals surface area contributed by atoms with Crippen molar-refractivity contribution in [2.75, 3.05) is 11.9 Å². The lowest BCUT2D eigenvalue weighted by molar-refractivity contribution is 0.162. The summed E-state index contributed by atoms with van der Waals surface area (Å²) in [4.78, 5) is 24.0. The fraction of sp³-hybridized carbons (Fsp3) is 0.444. The van der Waals surface area contributed by atoms with Crippen molar-refractivity contribution >= 4 is 28.3 Å². The summed E-state index contributed by atoms with van der Waals surface area (Å²) in [6, 6.07) is 6.34. The van der Waals surface area contributed by atoms with E-state index in [9.17, 15) is 4.79 Å². The molecule has 1 saturated heterocycles. The Morgan fingerprint density at radius 2 is 1.94 bits per heavy atom. The molecule has 0 aliphatic carbocycles. The molecule has 8 nitrogen and oxygen atoms in total. The molecule has 3 aromatic heterocycles. The predicted molar refractivity (Wildman–Crippen MR) is 146 cm³/mol. The summed E-state index contributed by atoms with van der Waals surface area (Å²) in [6.45, 7) is 12.4. The second kappa shape index (κ2) is 9.09. The van der Waals surface area contributed by atoms with E-state index in [-0.39, 0.29) is 16.6 Å². The summed E-state index contributed by atoms with van der Waals surface area (Å²) < 4.78 is 1.76. The van der Waals surface area contributed by atoms with Crippen LogP contribution < -0.4 is 16.2 Å². The number of aromatic nitrogens is 5. The van der Waals surface area contributed by atoms with Gasteiger partial charge in [0.05, 0.1) is 34.5 Å². The highest BCUT2D eigenvalue weighted by molar-refractivity contribution is 6.30. The number of anilines is 1. The molecule has 4 aromatic rings. The largest absolute Gasteiger partial charge is 0.382 e. The Kier molecular flexibility index (Phi) is 6.21. The average molecular weight is 508 g/mol. The van der Waals surface area contributed by atoms with E-state index in [4.69, 9.17) is 16.6 Å². The molecule has 190 valence electrons. The summed E-state index contributed by atoms with van der Waals surface area (Å²) in [5.41, 5.74) is 5.42. The van der Waals surface area contributed by atoms with Gasteiger partial charge >= 0.3 is 0 Å². The van der Waals surface area contributed by atoms with Crippen molar-refractivity contribution in [3.05, 3.63) is 63.3 Å². The first-order valence-corrected chi connectivity index (χ1v) is 12.8. The summed E-state index contributed by atoms with van der Waals surface area (Å²) >= 11 is 5.96. The van der Waals surface area contributed by atoms with E-state index in [1.54, 1.807) is 23.3 Å². The number of benzene rings is 1. The van der Waals surface area contributed by atoms with Crippen LogP contribution in [-0.4, -0.2) is 42.4 Å². The highest BCUT2D eigenvalue weighted by Crippen LogP contribution is 2.40. The average Bonchev–Trinajstić information content (AvgIpc) is 3.38. The van der Waals surface area contributed by atoms with E-state index in [0.29, 0.717) is 35.4 Å². The van der Waals surface area contributed by atoms with E-state index in [2.05, 4.69) is 72.5 Å². The Hall–Kier alpha value is -3.10. The number of aromatic amines is 2. The first-order valence-electron chi connectivity index (χ1n) is 12.4. The van der Waals surface area contributed by atoms with E-state index in [1.165, 1.54) is 5.56 Å². The van der Waals surface area contributed by atoms with Gasteiger partial charge in [0, 0.05) is 30.0 Å². The summed E-state index contributed by atoms with van der Waals surface area (Å²) in [7, 11) is 0. The van der Waals surface area contributed by atoms with E-state index >= 15 is 0 Å². The number of fused-ring (bicyclic) bond motifs is 1. The van der Waals surface area contributed by atoms with E-state index < -0.39 is 0 Å². The van der Waals surface area contributed by atoms with Crippen LogP contribution in [0.2, 0.25) is 5.02 Å². The van der Waals surface area contributed by atoms with Gasteiger partial charge in [0.25, 0.3) is 5.56 Å². The Bertz CT molecular complexity index is 1450. The molecule has 4 heterocycles. The number of H-pyrrole nitrogens is 2. The monoisotopic (exact) mass is 507 g/mol. The second-order valence-electron chi connectivity index (χ2n) is 11.3. The molecule has 9 heteroatoms. The molecule has 1 aliphatic rings. The Morgan fingerprint density at radius 1 is 1.19 bits per heavy atom. The highest BCUT2D eigenvalue weighted by atomic mass is 35.5. The maximum absolute atomic E-state index is 12.9. The van der Waals surface area contributed by atoms with Crippen molar-refractivity contribution in [1.82, 2.24) is 30.0 Å². The number of aryl methyl sites for hydroxylation is 1. The van der Waals surface area contributed by atoms with Crippen LogP contribution in [0.4, 0.5) is 5.69 Å². The minimum atomic E-state index is -0.194. The first-order chi connectivity index (χ1) is 17.0. The fourth-order valence-electron chi connectivity index (χ4n) is 5.86. The minimum absolute atomic E-state index is 0.0633. The maximum Gasteiger partial charge on any atom is 0.261 e. The molecule has 0 amide bonds. The topological polar surface area (TPSA) is 103 Å². The van der Waals surface area contributed by atoms with Crippen molar-refractivity contribution in [2.45, 2.75) is 71.0 Å². The predicted octanol–water partition coefficient (Wildman–Crippen LogP) is 5.21. The van der Waals surface area contributed by atoms with E-state index in [1.807, 2.05) is 6.07 Å². The van der Waals surface area contributed by atoms with Crippen LogP contribution in [0.5, 0.6) is 0 Å². The standard InChI is InChI=1S/C27H34ClN7O/c1-16-10-17(18-12-26(2,3)34-27(4,5)13-18)11-21-23(16)33-24(32-21)22-20(6-7-30-25(22)36)29-8-9-35-15-19(28)14-31-35/h6-7,10-11,14-15,18,34H,8-9,12-13H2,1-5H3,(H,32,33)(H2,29,30,36). The zero-order chi connectivity index (χ0) is 25.7. The normalized spacial score (nSPS) is 17.5. The third-order valence-electron chi connectivity index (χ3n) is 6.92. The van der Waals surface area contributed by atoms with Crippen LogP contribution in [-0.2, 0) is 6.54 Å². The van der Waals surface area contributed by atoms with Crippen LogP contribution in [0, 0.1) is 6.92 Å². The molecule has 0 atom stereocenters. The van der Waals surface area contributed by atoms with Gasteiger partial charge in [0.1, 0.15) is 11.4 Å².